The quantitative estimate of drug-likeness (QED) is 0.714. The molecule has 3 rings (SSSR count). The first-order chi connectivity index (χ1) is 10.5. The van der Waals surface area contributed by atoms with Gasteiger partial charge in [-0.25, -0.2) is 0 Å². The number of hydrogen-bond donors (Lipinski definition) is 1. The van der Waals surface area contributed by atoms with Crippen LogP contribution in [0.15, 0.2) is 65.5 Å². The third kappa shape index (κ3) is 2.76. The van der Waals surface area contributed by atoms with E-state index in [1.807, 2.05) is 55.5 Å². The lowest BCUT2D eigenvalue weighted by Gasteiger charge is -2.09. The Kier molecular flexibility index (Phi) is 3.73. The van der Waals surface area contributed by atoms with Gasteiger partial charge in [0.1, 0.15) is 0 Å². The molecule has 22 heavy (non-hydrogen) atoms. The predicted octanol–water partition coefficient (Wildman–Crippen LogP) is 4.38. The number of nitrogens with zero attached hydrogens (tertiary/aromatic N) is 1. The minimum atomic E-state index is -0.434. The molecule has 0 atom stereocenters. The van der Waals surface area contributed by atoms with Gasteiger partial charge < -0.3 is 5.21 Å². The van der Waals surface area contributed by atoms with Crippen molar-refractivity contribution in [3.05, 3.63) is 81.6 Å². The molecule has 0 aliphatic rings. The van der Waals surface area contributed by atoms with Crippen molar-refractivity contribution >= 4 is 11.6 Å². The summed E-state index contributed by atoms with van der Waals surface area (Å²) in [6.07, 6.45) is 0. The SMILES string of the molecule is Cc1cc(-c2ccc(-c3ccc(Cl)cc3)cc2)n(O)c(=O)c1. The molecule has 1 N–H and O–H groups in total. The first-order valence-corrected chi connectivity index (χ1v) is 7.22. The average Bonchev–Trinajstić information content (AvgIpc) is 2.52. The molecule has 0 aliphatic carbocycles. The number of benzene rings is 2. The molecular weight excluding hydrogens is 298 g/mol. The fraction of sp³-hybridized carbons (Fsp3) is 0.0556. The summed E-state index contributed by atoms with van der Waals surface area (Å²) in [4.78, 5) is 11.7. The van der Waals surface area contributed by atoms with Crippen molar-refractivity contribution in [3.8, 4) is 22.4 Å². The zero-order valence-corrected chi connectivity index (χ0v) is 12.7. The summed E-state index contributed by atoms with van der Waals surface area (Å²) in [7, 11) is 0. The van der Waals surface area contributed by atoms with Crippen LogP contribution in [0, 0.1) is 6.92 Å². The van der Waals surface area contributed by atoms with E-state index in [1.54, 1.807) is 6.07 Å². The van der Waals surface area contributed by atoms with Crippen LogP contribution < -0.4 is 5.56 Å². The Hall–Kier alpha value is -2.52. The highest BCUT2D eigenvalue weighted by Gasteiger charge is 2.07. The Morgan fingerprint density at radius 3 is 1.95 bits per heavy atom. The minimum Gasteiger partial charge on any atom is -0.425 e. The molecule has 3 nitrogen and oxygen atoms in total. The summed E-state index contributed by atoms with van der Waals surface area (Å²) < 4.78 is 0.671. The molecule has 0 bridgehead atoms. The highest BCUT2D eigenvalue weighted by molar-refractivity contribution is 6.30. The van der Waals surface area contributed by atoms with Gasteiger partial charge in [-0.3, -0.25) is 4.79 Å². The summed E-state index contributed by atoms with van der Waals surface area (Å²) in [5.41, 5.74) is 3.74. The van der Waals surface area contributed by atoms with E-state index in [9.17, 15) is 10.0 Å². The molecule has 2 aromatic carbocycles. The van der Waals surface area contributed by atoms with Crippen molar-refractivity contribution in [2.45, 2.75) is 6.92 Å². The molecule has 3 aromatic rings. The summed E-state index contributed by atoms with van der Waals surface area (Å²) in [6, 6.07) is 18.4. The molecule has 0 fully saturated rings. The third-order valence-electron chi connectivity index (χ3n) is 3.51. The maximum Gasteiger partial charge on any atom is 0.283 e. The number of aromatic nitrogens is 1. The van der Waals surface area contributed by atoms with E-state index < -0.39 is 5.56 Å². The molecule has 4 heteroatoms. The molecule has 0 amide bonds. The number of halogens is 1. The second-order valence-electron chi connectivity index (χ2n) is 5.15. The van der Waals surface area contributed by atoms with Gasteiger partial charge in [0.2, 0.25) is 0 Å². The standard InChI is InChI=1S/C18H14ClNO2/c1-12-10-17(20(22)18(21)11-12)15-4-2-13(3-5-15)14-6-8-16(19)9-7-14/h2-11,22H,1H3. The predicted molar refractivity (Wildman–Crippen MR) is 88.5 cm³/mol. The fourth-order valence-electron chi connectivity index (χ4n) is 2.37. The monoisotopic (exact) mass is 311 g/mol. The fourth-order valence-corrected chi connectivity index (χ4v) is 2.50. The second-order valence-corrected chi connectivity index (χ2v) is 5.59. The van der Waals surface area contributed by atoms with Crippen LogP contribution in [0.2, 0.25) is 5.02 Å². The molecule has 110 valence electrons. The maximum atomic E-state index is 11.7. The van der Waals surface area contributed by atoms with E-state index >= 15 is 0 Å². The van der Waals surface area contributed by atoms with E-state index in [2.05, 4.69) is 0 Å². The smallest absolute Gasteiger partial charge is 0.283 e. The van der Waals surface area contributed by atoms with Gasteiger partial charge in [0.25, 0.3) is 5.56 Å². The zero-order chi connectivity index (χ0) is 15.7. The average molecular weight is 312 g/mol. The first kappa shape index (κ1) is 14.4. The van der Waals surface area contributed by atoms with Gasteiger partial charge in [-0.15, -0.1) is 4.73 Å². The summed E-state index contributed by atoms with van der Waals surface area (Å²) in [5.74, 6) is 0. The molecule has 0 unspecified atom stereocenters. The Balaban J connectivity index is 2.02. The number of rotatable bonds is 2. The van der Waals surface area contributed by atoms with E-state index in [1.165, 1.54) is 6.07 Å². The molecule has 0 saturated carbocycles. The number of aryl methyl sites for hydroxylation is 1. The van der Waals surface area contributed by atoms with E-state index in [0.29, 0.717) is 15.4 Å². The Morgan fingerprint density at radius 1 is 0.864 bits per heavy atom. The van der Waals surface area contributed by atoms with Crippen LogP contribution in [0.1, 0.15) is 5.56 Å². The van der Waals surface area contributed by atoms with Crippen molar-refractivity contribution in [1.29, 1.82) is 0 Å². The molecule has 0 spiro atoms. The third-order valence-corrected chi connectivity index (χ3v) is 3.76. The highest BCUT2D eigenvalue weighted by atomic mass is 35.5. The molecule has 1 heterocycles. The first-order valence-electron chi connectivity index (χ1n) is 6.84. The van der Waals surface area contributed by atoms with Crippen molar-refractivity contribution in [2.75, 3.05) is 0 Å². The topological polar surface area (TPSA) is 42.2 Å². The van der Waals surface area contributed by atoms with E-state index in [0.717, 1.165) is 22.3 Å². The summed E-state index contributed by atoms with van der Waals surface area (Å²) >= 11 is 5.89. The van der Waals surface area contributed by atoms with Crippen LogP contribution in [0.4, 0.5) is 0 Å². The van der Waals surface area contributed by atoms with Crippen LogP contribution in [0.25, 0.3) is 22.4 Å². The van der Waals surface area contributed by atoms with Crippen LogP contribution >= 0.6 is 11.6 Å². The van der Waals surface area contributed by atoms with Gasteiger partial charge in [-0.1, -0.05) is 48.0 Å². The Bertz CT molecular complexity index is 865. The van der Waals surface area contributed by atoms with Crippen molar-refractivity contribution in [1.82, 2.24) is 4.73 Å². The van der Waals surface area contributed by atoms with Gasteiger partial charge in [0.15, 0.2) is 0 Å². The molecule has 0 saturated heterocycles. The van der Waals surface area contributed by atoms with Gasteiger partial charge in [-0.2, -0.15) is 0 Å². The summed E-state index contributed by atoms with van der Waals surface area (Å²) in [5, 5.41) is 10.6. The van der Waals surface area contributed by atoms with E-state index in [4.69, 9.17) is 11.6 Å². The number of hydrogen-bond acceptors (Lipinski definition) is 2. The van der Waals surface area contributed by atoms with Crippen molar-refractivity contribution in [2.24, 2.45) is 0 Å². The van der Waals surface area contributed by atoms with Crippen LogP contribution in [-0.4, -0.2) is 9.94 Å². The normalized spacial score (nSPS) is 10.6. The van der Waals surface area contributed by atoms with E-state index in [-0.39, 0.29) is 0 Å². The zero-order valence-electron chi connectivity index (χ0n) is 12.0. The lowest BCUT2D eigenvalue weighted by atomic mass is 10.0. The van der Waals surface area contributed by atoms with Crippen molar-refractivity contribution < 1.29 is 5.21 Å². The number of pyridine rings is 1. The van der Waals surface area contributed by atoms with Crippen LogP contribution in [-0.2, 0) is 0 Å². The van der Waals surface area contributed by atoms with Gasteiger partial charge in [-0.05, 0) is 41.8 Å². The minimum absolute atomic E-state index is 0.434. The Morgan fingerprint density at radius 2 is 1.36 bits per heavy atom. The maximum absolute atomic E-state index is 11.7. The van der Waals surface area contributed by atoms with Gasteiger partial charge in [0, 0.05) is 16.7 Å². The van der Waals surface area contributed by atoms with Gasteiger partial charge in [0.05, 0.1) is 5.69 Å². The lowest BCUT2D eigenvalue weighted by Crippen LogP contribution is -2.18. The van der Waals surface area contributed by atoms with Crippen LogP contribution in [0.3, 0.4) is 0 Å². The molecule has 1 aromatic heterocycles. The Labute approximate surface area is 133 Å². The second kappa shape index (κ2) is 5.70. The molecule has 0 aliphatic heterocycles. The summed E-state index contributed by atoms with van der Waals surface area (Å²) in [6.45, 7) is 1.83. The largest absolute Gasteiger partial charge is 0.425 e. The highest BCUT2D eigenvalue weighted by Crippen LogP contribution is 2.25. The van der Waals surface area contributed by atoms with Gasteiger partial charge >= 0.3 is 0 Å². The molecular formula is C18H14ClNO2. The lowest BCUT2D eigenvalue weighted by molar-refractivity contribution is 0.179. The van der Waals surface area contributed by atoms with Crippen LogP contribution in [0.5, 0.6) is 0 Å². The molecule has 0 radical (unpaired) electrons. The van der Waals surface area contributed by atoms with Crippen molar-refractivity contribution in [3.63, 3.8) is 0 Å².